The molecule has 1 aromatic rings. The zero-order chi connectivity index (χ0) is 17.7. The molecule has 1 aromatic carbocycles. The topological polar surface area (TPSA) is 78.9 Å². The van der Waals surface area contributed by atoms with Crippen molar-refractivity contribution in [3.05, 3.63) is 29.8 Å². The largest absolute Gasteiger partial charge is 0.497 e. The normalized spacial score (nSPS) is 34.7. The van der Waals surface area contributed by atoms with Gasteiger partial charge in [0, 0.05) is 11.5 Å². The SMILES string of the molecule is COc1cccc(C(=O)COC(=O)[C@H]2[C@@H]3C[C@H]4[C@H](OC(=O)[C@@H]42)[C@@H]3Br)c1. The molecule has 0 spiro atoms. The summed E-state index contributed by atoms with van der Waals surface area (Å²) in [6, 6.07) is 6.68. The maximum atomic E-state index is 12.5. The third-order valence-electron chi connectivity index (χ3n) is 5.53. The van der Waals surface area contributed by atoms with Crippen LogP contribution in [-0.2, 0) is 19.1 Å². The van der Waals surface area contributed by atoms with E-state index in [1.807, 2.05) is 0 Å². The van der Waals surface area contributed by atoms with Crippen molar-refractivity contribution in [2.45, 2.75) is 17.4 Å². The van der Waals surface area contributed by atoms with Crippen LogP contribution in [0.1, 0.15) is 16.8 Å². The zero-order valence-electron chi connectivity index (χ0n) is 13.5. The van der Waals surface area contributed by atoms with Crippen LogP contribution in [0.25, 0.3) is 0 Å². The van der Waals surface area contributed by atoms with E-state index in [-0.39, 0.29) is 41.1 Å². The molecule has 2 aliphatic carbocycles. The van der Waals surface area contributed by atoms with Gasteiger partial charge in [0.1, 0.15) is 11.9 Å². The van der Waals surface area contributed by atoms with Gasteiger partial charge in [0.05, 0.1) is 23.8 Å². The number of halogens is 1. The highest BCUT2D eigenvalue weighted by molar-refractivity contribution is 9.09. The van der Waals surface area contributed by atoms with Gasteiger partial charge in [-0.15, -0.1) is 0 Å². The number of hydrogen-bond donors (Lipinski definition) is 0. The van der Waals surface area contributed by atoms with Crippen LogP contribution < -0.4 is 4.74 Å². The van der Waals surface area contributed by atoms with E-state index < -0.39 is 17.8 Å². The Labute approximate surface area is 152 Å². The lowest BCUT2D eigenvalue weighted by Gasteiger charge is -2.26. The Kier molecular flexibility index (Phi) is 4.06. The lowest BCUT2D eigenvalue weighted by Crippen LogP contribution is -2.39. The van der Waals surface area contributed by atoms with Crippen LogP contribution in [0.15, 0.2) is 24.3 Å². The summed E-state index contributed by atoms with van der Waals surface area (Å²) in [5.74, 6) is -1.41. The first-order valence-electron chi connectivity index (χ1n) is 8.19. The molecular weight excluding hydrogens is 392 g/mol. The summed E-state index contributed by atoms with van der Waals surface area (Å²) in [6.45, 7) is -0.349. The van der Waals surface area contributed by atoms with E-state index in [1.54, 1.807) is 24.3 Å². The average molecular weight is 409 g/mol. The molecule has 2 saturated carbocycles. The van der Waals surface area contributed by atoms with E-state index in [9.17, 15) is 14.4 Å². The predicted octanol–water partition coefficient (Wildman–Crippen LogP) is 1.99. The number of ketones is 1. The first kappa shape index (κ1) is 16.6. The Morgan fingerprint density at radius 1 is 1.32 bits per heavy atom. The van der Waals surface area contributed by atoms with Crippen molar-refractivity contribution < 1.29 is 28.6 Å². The fraction of sp³-hybridized carbons (Fsp3) is 0.500. The number of esters is 2. The van der Waals surface area contributed by atoms with Gasteiger partial charge in [-0.25, -0.2) is 0 Å². The third-order valence-corrected chi connectivity index (χ3v) is 6.73. The summed E-state index contributed by atoms with van der Waals surface area (Å²) in [5, 5.41) is 0. The zero-order valence-corrected chi connectivity index (χ0v) is 15.1. The summed E-state index contributed by atoms with van der Waals surface area (Å²) < 4.78 is 15.7. The van der Waals surface area contributed by atoms with Gasteiger partial charge < -0.3 is 14.2 Å². The second kappa shape index (κ2) is 6.12. The number of carbonyl (C=O) groups excluding carboxylic acids is 3. The van der Waals surface area contributed by atoms with Gasteiger partial charge in [-0.05, 0) is 24.5 Å². The fourth-order valence-electron chi connectivity index (χ4n) is 4.41. The van der Waals surface area contributed by atoms with Crippen LogP contribution in [0, 0.1) is 23.7 Å². The molecule has 0 aromatic heterocycles. The monoisotopic (exact) mass is 408 g/mol. The van der Waals surface area contributed by atoms with Crippen molar-refractivity contribution in [2.24, 2.45) is 23.7 Å². The van der Waals surface area contributed by atoms with Crippen molar-refractivity contribution in [2.75, 3.05) is 13.7 Å². The predicted molar refractivity (Wildman–Crippen MR) is 89.5 cm³/mol. The second-order valence-corrected chi connectivity index (χ2v) is 7.78. The number of rotatable bonds is 5. The number of ether oxygens (including phenoxy) is 3. The number of hydrogen-bond acceptors (Lipinski definition) is 6. The molecule has 0 unspecified atom stereocenters. The van der Waals surface area contributed by atoms with Crippen LogP contribution in [0.2, 0.25) is 0 Å². The Morgan fingerprint density at radius 2 is 2.12 bits per heavy atom. The molecule has 0 amide bonds. The molecule has 6 atom stereocenters. The Hall–Kier alpha value is -1.89. The highest BCUT2D eigenvalue weighted by Crippen LogP contribution is 2.60. The molecule has 6 nitrogen and oxygen atoms in total. The number of carbonyl (C=O) groups is 3. The average Bonchev–Trinajstić information content (AvgIpc) is 3.23. The molecule has 7 heteroatoms. The number of methoxy groups -OCH3 is 1. The van der Waals surface area contributed by atoms with E-state index in [4.69, 9.17) is 14.2 Å². The van der Waals surface area contributed by atoms with Crippen LogP contribution in [0.3, 0.4) is 0 Å². The number of alkyl halides is 1. The maximum Gasteiger partial charge on any atom is 0.310 e. The summed E-state index contributed by atoms with van der Waals surface area (Å²) in [7, 11) is 1.52. The Morgan fingerprint density at radius 3 is 2.88 bits per heavy atom. The third kappa shape index (κ3) is 2.56. The fourth-order valence-corrected chi connectivity index (χ4v) is 5.45. The van der Waals surface area contributed by atoms with Gasteiger partial charge in [0.25, 0.3) is 0 Å². The molecule has 4 rings (SSSR count). The van der Waals surface area contributed by atoms with Gasteiger partial charge in [0.2, 0.25) is 0 Å². The molecule has 1 saturated heterocycles. The molecule has 0 radical (unpaired) electrons. The lowest BCUT2D eigenvalue weighted by atomic mass is 9.80. The minimum Gasteiger partial charge on any atom is -0.497 e. The van der Waals surface area contributed by atoms with Crippen molar-refractivity contribution in [3.63, 3.8) is 0 Å². The molecule has 3 fully saturated rings. The molecule has 25 heavy (non-hydrogen) atoms. The van der Waals surface area contributed by atoms with Crippen molar-refractivity contribution >= 4 is 33.7 Å². The van der Waals surface area contributed by atoms with E-state index >= 15 is 0 Å². The van der Waals surface area contributed by atoms with Crippen molar-refractivity contribution in [1.82, 2.24) is 0 Å². The minimum absolute atomic E-state index is 0.0193. The number of fused-ring (bicyclic) bond motifs is 1. The first-order valence-corrected chi connectivity index (χ1v) is 9.11. The lowest BCUT2D eigenvalue weighted by molar-refractivity contribution is -0.154. The Balaban J connectivity index is 1.43. The summed E-state index contributed by atoms with van der Waals surface area (Å²) in [5.41, 5.74) is 0.416. The van der Waals surface area contributed by atoms with Gasteiger partial charge in [-0.3, -0.25) is 14.4 Å². The maximum absolute atomic E-state index is 12.5. The standard InChI is InChI=1S/C18H17BrO6/c1-23-9-4-2-3-8(5-9)12(20)7-24-17(21)13-10-6-11-14(13)18(22)25-16(11)15(10)19/h2-5,10-11,13-16H,6-7H2,1H3/t10-,11+,13-,14-,15+,16-/m0/s1. The van der Waals surface area contributed by atoms with Crippen LogP contribution >= 0.6 is 15.9 Å². The van der Waals surface area contributed by atoms with Crippen molar-refractivity contribution in [3.8, 4) is 5.75 Å². The number of Topliss-reactive ketones (excluding diaryl/α,β-unsaturated/α-hetero) is 1. The molecule has 132 valence electrons. The summed E-state index contributed by atoms with van der Waals surface area (Å²) in [6.07, 6.45) is 0.644. The number of benzene rings is 1. The first-order chi connectivity index (χ1) is 12.0. The highest BCUT2D eigenvalue weighted by Gasteiger charge is 2.68. The molecule has 1 aliphatic heterocycles. The quantitative estimate of drug-likeness (QED) is 0.421. The van der Waals surface area contributed by atoms with E-state index in [1.165, 1.54) is 7.11 Å². The van der Waals surface area contributed by atoms with Gasteiger partial charge in [0.15, 0.2) is 12.4 Å². The van der Waals surface area contributed by atoms with Gasteiger partial charge in [-0.2, -0.15) is 0 Å². The van der Waals surface area contributed by atoms with Crippen LogP contribution in [0.4, 0.5) is 0 Å². The highest BCUT2D eigenvalue weighted by atomic mass is 79.9. The molecule has 1 heterocycles. The molecule has 0 N–H and O–H groups in total. The van der Waals surface area contributed by atoms with Gasteiger partial charge in [-0.1, -0.05) is 28.1 Å². The van der Waals surface area contributed by atoms with Crippen LogP contribution in [0.5, 0.6) is 5.75 Å². The minimum atomic E-state index is -0.529. The Bertz CT molecular complexity index is 747. The molecule has 3 aliphatic rings. The molecule has 2 bridgehead atoms. The smallest absolute Gasteiger partial charge is 0.310 e. The molecular formula is C18H17BrO6. The van der Waals surface area contributed by atoms with Gasteiger partial charge >= 0.3 is 11.9 Å². The van der Waals surface area contributed by atoms with Crippen LogP contribution in [-0.4, -0.2) is 42.4 Å². The van der Waals surface area contributed by atoms with Crippen molar-refractivity contribution in [1.29, 1.82) is 0 Å². The summed E-state index contributed by atoms with van der Waals surface area (Å²) >= 11 is 3.55. The van der Waals surface area contributed by atoms with E-state index in [0.29, 0.717) is 11.3 Å². The summed E-state index contributed by atoms with van der Waals surface area (Å²) in [4.78, 5) is 36.8. The second-order valence-electron chi connectivity index (χ2n) is 6.72. The van der Waals surface area contributed by atoms with E-state index in [0.717, 1.165) is 6.42 Å². The van der Waals surface area contributed by atoms with E-state index in [2.05, 4.69) is 15.9 Å².